The fourth-order valence-corrected chi connectivity index (χ4v) is 0.839. The number of hydrogen-bond acceptors (Lipinski definition) is 2. The molecule has 84 valence electrons. The van der Waals surface area contributed by atoms with Crippen LogP contribution in [0.15, 0.2) is 24.3 Å². The van der Waals surface area contributed by atoms with Gasteiger partial charge in [0, 0.05) is 5.56 Å². The van der Waals surface area contributed by atoms with Gasteiger partial charge >= 0.3 is 6.18 Å². The molecule has 15 heavy (non-hydrogen) atoms. The summed E-state index contributed by atoms with van der Waals surface area (Å²) in [5.41, 5.74) is 9.12. The van der Waals surface area contributed by atoms with E-state index in [2.05, 4.69) is 5.73 Å². The zero-order chi connectivity index (χ0) is 12.1. The van der Waals surface area contributed by atoms with Crippen LogP contribution in [0.3, 0.4) is 0 Å². The highest BCUT2D eigenvalue weighted by atomic mass is 19.4. The van der Waals surface area contributed by atoms with Crippen LogP contribution in [-0.4, -0.2) is 12.9 Å². The third-order valence-electron chi connectivity index (χ3n) is 1.52. The fraction of sp³-hybridized carbons (Fsp3) is 0.222. The molecule has 0 aliphatic heterocycles. The molecule has 1 aromatic rings. The molecule has 6 heteroatoms. The standard InChI is InChI=1S/C8H7F3N2.CH5N/c9-8(10,11)6-3-1-5(2-4-6)7(12)13;1-2/h1-4H,(H3,12,13);2H2,1H3. The van der Waals surface area contributed by atoms with Gasteiger partial charge in [0.25, 0.3) is 0 Å². The maximum atomic E-state index is 12.0. The zero-order valence-corrected chi connectivity index (χ0v) is 8.10. The van der Waals surface area contributed by atoms with Gasteiger partial charge in [-0.1, -0.05) is 12.1 Å². The van der Waals surface area contributed by atoms with E-state index in [9.17, 15) is 13.2 Å². The molecule has 0 heterocycles. The van der Waals surface area contributed by atoms with E-state index in [1.165, 1.54) is 19.2 Å². The fourth-order valence-electron chi connectivity index (χ4n) is 0.839. The van der Waals surface area contributed by atoms with Gasteiger partial charge in [0.05, 0.1) is 5.56 Å². The first-order chi connectivity index (χ1) is 6.91. The first-order valence-corrected chi connectivity index (χ1v) is 4.00. The molecule has 3 nitrogen and oxygen atoms in total. The van der Waals surface area contributed by atoms with E-state index in [0.29, 0.717) is 0 Å². The highest BCUT2D eigenvalue weighted by molar-refractivity contribution is 5.94. The molecule has 0 radical (unpaired) electrons. The van der Waals surface area contributed by atoms with Crippen molar-refractivity contribution in [1.82, 2.24) is 0 Å². The lowest BCUT2D eigenvalue weighted by Gasteiger charge is -2.06. The molecule has 1 aromatic carbocycles. The molecule has 0 saturated carbocycles. The normalized spacial score (nSPS) is 10.2. The minimum atomic E-state index is -4.34. The molecular formula is C9H12F3N3. The lowest BCUT2D eigenvalue weighted by atomic mass is 10.1. The molecule has 0 saturated heterocycles. The first-order valence-electron chi connectivity index (χ1n) is 4.00. The van der Waals surface area contributed by atoms with E-state index in [-0.39, 0.29) is 11.4 Å². The first kappa shape index (κ1) is 13.4. The molecule has 0 aromatic heterocycles. The number of amidine groups is 1. The molecule has 0 aliphatic carbocycles. The molecule has 1 rings (SSSR count). The molecule has 0 bridgehead atoms. The number of benzene rings is 1. The van der Waals surface area contributed by atoms with Crippen molar-refractivity contribution >= 4 is 5.84 Å². The maximum Gasteiger partial charge on any atom is 0.416 e. The molecular weight excluding hydrogens is 207 g/mol. The maximum absolute atomic E-state index is 12.0. The smallest absolute Gasteiger partial charge is 0.384 e. The lowest BCUT2D eigenvalue weighted by Crippen LogP contribution is -2.12. The van der Waals surface area contributed by atoms with Gasteiger partial charge in [-0.2, -0.15) is 13.2 Å². The molecule has 0 spiro atoms. The van der Waals surface area contributed by atoms with Gasteiger partial charge in [0.1, 0.15) is 5.84 Å². The van der Waals surface area contributed by atoms with Gasteiger partial charge < -0.3 is 11.5 Å². The Morgan fingerprint density at radius 2 is 1.53 bits per heavy atom. The van der Waals surface area contributed by atoms with Gasteiger partial charge in [-0.15, -0.1) is 0 Å². The third kappa shape index (κ3) is 3.99. The zero-order valence-electron chi connectivity index (χ0n) is 8.10. The average Bonchev–Trinajstić information content (AvgIpc) is 2.20. The summed E-state index contributed by atoms with van der Waals surface area (Å²) in [7, 11) is 1.50. The quantitative estimate of drug-likeness (QED) is 0.495. The average molecular weight is 219 g/mol. The number of nitrogens with one attached hydrogen (secondary N) is 1. The highest BCUT2D eigenvalue weighted by Gasteiger charge is 2.29. The predicted octanol–water partition coefficient (Wildman–Crippen LogP) is 1.56. The minimum Gasteiger partial charge on any atom is -0.384 e. The van der Waals surface area contributed by atoms with E-state index < -0.39 is 11.7 Å². The van der Waals surface area contributed by atoms with Crippen LogP contribution in [0.25, 0.3) is 0 Å². The summed E-state index contributed by atoms with van der Waals surface area (Å²) in [6.45, 7) is 0. The number of rotatable bonds is 1. The summed E-state index contributed by atoms with van der Waals surface area (Å²) in [5.74, 6) is -0.242. The van der Waals surface area contributed by atoms with E-state index in [0.717, 1.165) is 12.1 Å². The molecule has 5 N–H and O–H groups in total. The van der Waals surface area contributed by atoms with Crippen LogP contribution in [-0.2, 0) is 6.18 Å². The lowest BCUT2D eigenvalue weighted by molar-refractivity contribution is -0.137. The van der Waals surface area contributed by atoms with Crippen LogP contribution in [0.4, 0.5) is 13.2 Å². The topological polar surface area (TPSA) is 75.9 Å². The van der Waals surface area contributed by atoms with Crippen molar-refractivity contribution in [2.24, 2.45) is 11.5 Å². The number of halogens is 3. The largest absolute Gasteiger partial charge is 0.416 e. The second-order valence-electron chi connectivity index (χ2n) is 2.49. The molecule has 0 atom stereocenters. The Morgan fingerprint density at radius 1 is 1.13 bits per heavy atom. The van der Waals surface area contributed by atoms with Gasteiger partial charge in [-0.3, -0.25) is 5.41 Å². The number of nitrogens with two attached hydrogens (primary N) is 2. The van der Waals surface area contributed by atoms with Gasteiger partial charge in [0.15, 0.2) is 0 Å². The Labute approximate surface area is 85.4 Å². The van der Waals surface area contributed by atoms with Crippen LogP contribution >= 0.6 is 0 Å². The molecule has 0 amide bonds. The summed E-state index contributed by atoms with van der Waals surface area (Å²) in [5, 5.41) is 6.96. The van der Waals surface area contributed by atoms with Crippen molar-refractivity contribution < 1.29 is 13.2 Å². The monoisotopic (exact) mass is 219 g/mol. The van der Waals surface area contributed by atoms with Crippen molar-refractivity contribution in [2.45, 2.75) is 6.18 Å². The van der Waals surface area contributed by atoms with Gasteiger partial charge in [0.2, 0.25) is 0 Å². The van der Waals surface area contributed by atoms with Gasteiger partial charge in [-0.05, 0) is 19.2 Å². The van der Waals surface area contributed by atoms with Gasteiger partial charge in [-0.25, -0.2) is 0 Å². The van der Waals surface area contributed by atoms with Crippen LogP contribution in [0.5, 0.6) is 0 Å². The predicted molar refractivity (Wildman–Crippen MR) is 52.6 cm³/mol. The third-order valence-corrected chi connectivity index (χ3v) is 1.52. The second kappa shape index (κ2) is 5.35. The summed E-state index contributed by atoms with van der Waals surface area (Å²) in [4.78, 5) is 0. The van der Waals surface area contributed by atoms with Crippen molar-refractivity contribution in [3.8, 4) is 0 Å². The van der Waals surface area contributed by atoms with Crippen molar-refractivity contribution in [2.75, 3.05) is 7.05 Å². The summed E-state index contributed by atoms with van der Waals surface area (Å²) in [6.07, 6.45) is -4.34. The Morgan fingerprint density at radius 3 is 1.80 bits per heavy atom. The second-order valence-corrected chi connectivity index (χ2v) is 2.49. The van der Waals surface area contributed by atoms with Crippen molar-refractivity contribution in [3.63, 3.8) is 0 Å². The van der Waals surface area contributed by atoms with Crippen LogP contribution in [0.2, 0.25) is 0 Å². The highest BCUT2D eigenvalue weighted by Crippen LogP contribution is 2.28. The minimum absolute atomic E-state index is 0.242. The number of nitrogen functional groups attached to an aromatic ring is 1. The summed E-state index contributed by atoms with van der Waals surface area (Å²) >= 11 is 0. The Balaban J connectivity index is 0.000000921. The SMILES string of the molecule is CN.N=C(N)c1ccc(C(F)(F)F)cc1. The Kier molecular flexibility index (Phi) is 4.80. The van der Waals surface area contributed by atoms with Crippen molar-refractivity contribution in [3.05, 3.63) is 35.4 Å². The van der Waals surface area contributed by atoms with Crippen LogP contribution in [0.1, 0.15) is 11.1 Å². The summed E-state index contributed by atoms with van der Waals surface area (Å²) < 4.78 is 36.1. The van der Waals surface area contributed by atoms with E-state index in [4.69, 9.17) is 11.1 Å². The Bertz CT molecular complexity index is 316. The van der Waals surface area contributed by atoms with E-state index in [1.54, 1.807) is 0 Å². The summed E-state index contributed by atoms with van der Waals surface area (Å²) in [6, 6.07) is 4.14. The van der Waals surface area contributed by atoms with Crippen molar-refractivity contribution in [1.29, 1.82) is 5.41 Å². The van der Waals surface area contributed by atoms with E-state index >= 15 is 0 Å². The number of alkyl halides is 3. The Hall–Kier alpha value is -1.56. The molecule has 0 fully saturated rings. The van der Waals surface area contributed by atoms with Crippen LogP contribution < -0.4 is 11.5 Å². The van der Waals surface area contributed by atoms with E-state index in [1.807, 2.05) is 0 Å². The molecule has 0 aliphatic rings. The number of hydrogen-bond donors (Lipinski definition) is 3. The van der Waals surface area contributed by atoms with Crippen LogP contribution in [0, 0.1) is 5.41 Å². The molecule has 0 unspecified atom stereocenters.